The van der Waals surface area contributed by atoms with Gasteiger partial charge in [0, 0.05) is 12.2 Å². The zero-order valence-electron chi connectivity index (χ0n) is 9.43. The highest BCUT2D eigenvalue weighted by atomic mass is 35.5. The van der Waals surface area contributed by atoms with Crippen LogP contribution >= 0.6 is 11.6 Å². The van der Waals surface area contributed by atoms with Crippen molar-refractivity contribution in [3.8, 4) is 0 Å². The van der Waals surface area contributed by atoms with Gasteiger partial charge >= 0.3 is 0 Å². The summed E-state index contributed by atoms with van der Waals surface area (Å²) in [5.74, 6) is 0. The number of hydrogen-bond acceptors (Lipinski definition) is 4. The van der Waals surface area contributed by atoms with Gasteiger partial charge in [0.2, 0.25) is 5.28 Å². The summed E-state index contributed by atoms with van der Waals surface area (Å²) in [4.78, 5) is 8.18. The molecule has 0 aromatic carbocycles. The first-order valence-electron chi connectivity index (χ1n) is 5.90. The van der Waals surface area contributed by atoms with Crippen molar-refractivity contribution in [1.82, 2.24) is 25.1 Å². The minimum absolute atomic E-state index is 0.274. The van der Waals surface area contributed by atoms with Crippen LogP contribution in [0.2, 0.25) is 5.28 Å². The molecule has 1 N–H and O–H groups in total. The van der Waals surface area contributed by atoms with E-state index in [1.165, 1.54) is 19.3 Å². The Morgan fingerprint density at radius 3 is 3.18 bits per heavy atom. The molecule has 17 heavy (non-hydrogen) atoms. The van der Waals surface area contributed by atoms with E-state index in [9.17, 15) is 0 Å². The molecule has 6 heteroatoms. The molecule has 2 aromatic rings. The van der Waals surface area contributed by atoms with E-state index in [-0.39, 0.29) is 5.28 Å². The average molecular weight is 252 g/mol. The van der Waals surface area contributed by atoms with Crippen LogP contribution in [0.1, 0.15) is 19.3 Å². The summed E-state index contributed by atoms with van der Waals surface area (Å²) < 4.78 is 1.91. The third-order valence-corrected chi connectivity index (χ3v) is 3.34. The van der Waals surface area contributed by atoms with Crippen molar-refractivity contribution >= 4 is 22.6 Å². The Balaban J connectivity index is 1.86. The monoisotopic (exact) mass is 251 g/mol. The number of fused-ring (bicyclic) bond motifs is 1. The molecular weight excluding hydrogens is 238 g/mol. The van der Waals surface area contributed by atoms with Crippen LogP contribution in [0.3, 0.4) is 0 Å². The van der Waals surface area contributed by atoms with Gasteiger partial charge in [-0.3, -0.25) is 0 Å². The van der Waals surface area contributed by atoms with Crippen molar-refractivity contribution in [2.45, 2.75) is 31.8 Å². The molecule has 0 spiro atoms. The Kier molecular flexibility index (Phi) is 2.94. The summed E-state index contributed by atoms with van der Waals surface area (Å²) in [6, 6.07) is 0.487. The fourth-order valence-electron chi connectivity index (χ4n) is 2.27. The summed E-state index contributed by atoms with van der Waals surface area (Å²) in [5.41, 5.74) is 0.817. The SMILES string of the molecule is Clc1ncc2cnn(CC3CCCCN3)c2n1. The van der Waals surface area contributed by atoms with Crippen molar-refractivity contribution in [3.63, 3.8) is 0 Å². The molecule has 3 heterocycles. The van der Waals surface area contributed by atoms with E-state index >= 15 is 0 Å². The zero-order valence-corrected chi connectivity index (χ0v) is 10.2. The molecule has 0 aliphatic carbocycles. The number of halogens is 1. The van der Waals surface area contributed by atoms with Crippen molar-refractivity contribution in [1.29, 1.82) is 0 Å². The van der Waals surface area contributed by atoms with Crippen LogP contribution in [-0.4, -0.2) is 32.3 Å². The van der Waals surface area contributed by atoms with Gasteiger partial charge in [-0.25, -0.2) is 9.67 Å². The van der Waals surface area contributed by atoms with Crippen LogP contribution in [0.4, 0.5) is 0 Å². The number of hydrogen-bond donors (Lipinski definition) is 1. The fraction of sp³-hybridized carbons (Fsp3) is 0.545. The van der Waals surface area contributed by atoms with Crippen LogP contribution in [0, 0.1) is 0 Å². The highest BCUT2D eigenvalue weighted by Crippen LogP contribution is 2.15. The maximum absolute atomic E-state index is 5.81. The second-order valence-electron chi connectivity index (χ2n) is 4.39. The molecule has 1 atom stereocenters. The first-order chi connectivity index (χ1) is 8.33. The minimum atomic E-state index is 0.274. The molecule has 2 aromatic heterocycles. The van der Waals surface area contributed by atoms with Crippen LogP contribution in [-0.2, 0) is 6.54 Å². The van der Waals surface area contributed by atoms with Crippen molar-refractivity contribution in [2.75, 3.05) is 6.54 Å². The van der Waals surface area contributed by atoms with E-state index in [1.807, 2.05) is 4.68 Å². The predicted molar refractivity (Wildman–Crippen MR) is 66.0 cm³/mol. The number of rotatable bonds is 2. The number of piperidine rings is 1. The molecule has 3 rings (SSSR count). The lowest BCUT2D eigenvalue weighted by molar-refractivity contribution is 0.354. The molecule has 0 bridgehead atoms. The van der Waals surface area contributed by atoms with Gasteiger partial charge in [0.1, 0.15) is 0 Å². The molecule has 0 radical (unpaired) electrons. The van der Waals surface area contributed by atoms with Gasteiger partial charge in [-0.05, 0) is 31.0 Å². The molecule has 1 fully saturated rings. The lowest BCUT2D eigenvalue weighted by Crippen LogP contribution is -2.37. The highest BCUT2D eigenvalue weighted by molar-refractivity contribution is 6.28. The summed E-state index contributed by atoms with van der Waals surface area (Å²) in [5, 5.41) is 9.05. The van der Waals surface area contributed by atoms with Crippen LogP contribution in [0.15, 0.2) is 12.4 Å². The number of nitrogens with zero attached hydrogens (tertiary/aromatic N) is 4. The summed E-state index contributed by atoms with van der Waals surface area (Å²) >= 11 is 5.81. The fourth-order valence-corrected chi connectivity index (χ4v) is 2.40. The van der Waals surface area contributed by atoms with E-state index in [0.29, 0.717) is 6.04 Å². The van der Waals surface area contributed by atoms with Crippen molar-refractivity contribution < 1.29 is 0 Å². The molecule has 1 unspecified atom stereocenters. The van der Waals surface area contributed by atoms with E-state index in [1.54, 1.807) is 12.4 Å². The number of aromatic nitrogens is 4. The minimum Gasteiger partial charge on any atom is -0.312 e. The molecular formula is C11H14ClN5. The van der Waals surface area contributed by atoms with E-state index in [2.05, 4.69) is 20.4 Å². The van der Waals surface area contributed by atoms with Crippen molar-refractivity contribution in [2.24, 2.45) is 0 Å². The zero-order chi connectivity index (χ0) is 11.7. The van der Waals surface area contributed by atoms with Gasteiger partial charge in [0.15, 0.2) is 5.65 Å². The van der Waals surface area contributed by atoms with Gasteiger partial charge in [0.05, 0.1) is 18.1 Å². The normalized spacial score (nSPS) is 20.9. The molecule has 90 valence electrons. The Hall–Kier alpha value is -1.20. The Bertz CT molecular complexity index is 518. The largest absolute Gasteiger partial charge is 0.312 e. The molecule has 0 saturated carbocycles. The Labute approximate surface area is 104 Å². The molecule has 1 aliphatic heterocycles. The van der Waals surface area contributed by atoms with E-state index < -0.39 is 0 Å². The van der Waals surface area contributed by atoms with Crippen LogP contribution < -0.4 is 5.32 Å². The third kappa shape index (κ3) is 2.25. The predicted octanol–water partition coefficient (Wildman–Crippen LogP) is 1.62. The summed E-state index contributed by atoms with van der Waals surface area (Å²) in [6.07, 6.45) is 7.24. The first-order valence-corrected chi connectivity index (χ1v) is 6.28. The topological polar surface area (TPSA) is 55.6 Å². The van der Waals surface area contributed by atoms with Crippen molar-refractivity contribution in [3.05, 3.63) is 17.7 Å². The second-order valence-corrected chi connectivity index (χ2v) is 4.73. The Morgan fingerprint density at radius 2 is 2.35 bits per heavy atom. The highest BCUT2D eigenvalue weighted by Gasteiger charge is 2.15. The van der Waals surface area contributed by atoms with Gasteiger partial charge < -0.3 is 5.32 Å². The van der Waals surface area contributed by atoms with E-state index in [4.69, 9.17) is 11.6 Å². The second kappa shape index (κ2) is 4.58. The molecule has 1 saturated heterocycles. The quantitative estimate of drug-likeness (QED) is 0.825. The van der Waals surface area contributed by atoms with Gasteiger partial charge in [-0.2, -0.15) is 10.1 Å². The van der Waals surface area contributed by atoms with Gasteiger partial charge in [-0.15, -0.1) is 0 Å². The molecule has 0 amide bonds. The average Bonchev–Trinajstić information content (AvgIpc) is 2.73. The standard InChI is InChI=1S/C11H14ClN5/c12-11-14-5-8-6-15-17(10(8)16-11)7-9-3-1-2-4-13-9/h5-6,9,13H,1-4,7H2. The van der Waals surface area contributed by atoms with Crippen LogP contribution in [0.25, 0.3) is 11.0 Å². The third-order valence-electron chi connectivity index (χ3n) is 3.15. The lowest BCUT2D eigenvalue weighted by Gasteiger charge is -2.23. The van der Waals surface area contributed by atoms with Crippen LogP contribution in [0.5, 0.6) is 0 Å². The summed E-state index contributed by atoms with van der Waals surface area (Å²) in [7, 11) is 0. The van der Waals surface area contributed by atoms with E-state index in [0.717, 1.165) is 24.1 Å². The molecule has 1 aliphatic rings. The summed E-state index contributed by atoms with van der Waals surface area (Å²) in [6.45, 7) is 1.94. The first kappa shape index (κ1) is 10.9. The smallest absolute Gasteiger partial charge is 0.224 e. The lowest BCUT2D eigenvalue weighted by atomic mass is 10.1. The molecule has 5 nitrogen and oxygen atoms in total. The van der Waals surface area contributed by atoms with Gasteiger partial charge in [0.25, 0.3) is 0 Å². The number of nitrogens with one attached hydrogen (secondary N) is 1. The maximum atomic E-state index is 5.81. The maximum Gasteiger partial charge on any atom is 0.224 e. The van der Waals surface area contributed by atoms with Gasteiger partial charge in [-0.1, -0.05) is 6.42 Å². The Morgan fingerprint density at radius 1 is 1.41 bits per heavy atom.